The molecule has 6 heteroatoms. The standard InChI is InChI=1S/C15H22O4S.Na.H/c1-2-3-4-5-6-7-10-13-19-14-11-8-9-12-15(14)20(16,17)18;;/h8-13H,2-7H2,1H3,(H,16,17,18);;/q;+1;-1. The molecule has 0 unspecified atom stereocenters. The van der Waals surface area contributed by atoms with Crippen molar-refractivity contribution < 1.29 is 48.7 Å². The maximum atomic E-state index is 11.1. The van der Waals surface area contributed by atoms with E-state index in [1.165, 1.54) is 50.1 Å². The van der Waals surface area contributed by atoms with E-state index in [-0.39, 0.29) is 41.6 Å². The van der Waals surface area contributed by atoms with E-state index in [1.807, 2.05) is 6.08 Å². The van der Waals surface area contributed by atoms with Gasteiger partial charge in [0.25, 0.3) is 10.1 Å². The van der Waals surface area contributed by atoms with Gasteiger partial charge in [0.05, 0.1) is 6.26 Å². The van der Waals surface area contributed by atoms with Gasteiger partial charge >= 0.3 is 29.6 Å². The van der Waals surface area contributed by atoms with Gasteiger partial charge in [-0.05, 0) is 31.1 Å². The van der Waals surface area contributed by atoms with Crippen LogP contribution in [0.2, 0.25) is 0 Å². The van der Waals surface area contributed by atoms with E-state index >= 15 is 0 Å². The zero-order chi connectivity index (χ0) is 14.8. The van der Waals surface area contributed by atoms with Crippen molar-refractivity contribution >= 4 is 10.1 Å². The van der Waals surface area contributed by atoms with Gasteiger partial charge in [0.2, 0.25) is 0 Å². The Morgan fingerprint density at radius 2 is 1.86 bits per heavy atom. The summed E-state index contributed by atoms with van der Waals surface area (Å²) in [4.78, 5) is -0.215. The molecule has 0 aliphatic heterocycles. The molecule has 0 aliphatic carbocycles. The van der Waals surface area contributed by atoms with Crippen LogP contribution in [0.5, 0.6) is 5.75 Å². The Morgan fingerprint density at radius 1 is 1.19 bits per heavy atom. The van der Waals surface area contributed by atoms with E-state index in [0.29, 0.717) is 0 Å². The number of benzene rings is 1. The van der Waals surface area contributed by atoms with Gasteiger partial charge in [-0.1, -0.05) is 44.7 Å². The molecule has 1 aromatic rings. The SMILES string of the molecule is CCCCCCCC=COc1ccccc1S(=O)(=O)O.[H-].[Na+]. The Labute approximate surface area is 151 Å². The number of para-hydroxylation sites is 1. The molecule has 21 heavy (non-hydrogen) atoms. The maximum Gasteiger partial charge on any atom is 1.00 e. The van der Waals surface area contributed by atoms with Gasteiger partial charge in [-0.3, -0.25) is 4.55 Å². The summed E-state index contributed by atoms with van der Waals surface area (Å²) in [6.07, 6.45) is 10.3. The average Bonchev–Trinajstić information content (AvgIpc) is 2.41. The Kier molecular flexibility index (Phi) is 11.1. The molecule has 1 N–H and O–H groups in total. The first-order valence-corrected chi connectivity index (χ1v) is 8.38. The molecular formula is C15H23NaO4S. The summed E-state index contributed by atoms with van der Waals surface area (Å²) >= 11 is 0. The van der Waals surface area contributed by atoms with Crippen LogP contribution in [0.25, 0.3) is 0 Å². The largest absolute Gasteiger partial charge is 1.00 e. The van der Waals surface area contributed by atoms with E-state index in [0.717, 1.165) is 12.8 Å². The van der Waals surface area contributed by atoms with Crippen LogP contribution >= 0.6 is 0 Å². The fourth-order valence-electron chi connectivity index (χ4n) is 1.82. The van der Waals surface area contributed by atoms with Crippen molar-refractivity contribution in [3.8, 4) is 5.75 Å². The summed E-state index contributed by atoms with van der Waals surface area (Å²) in [6, 6.07) is 6.01. The summed E-state index contributed by atoms with van der Waals surface area (Å²) in [6.45, 7) is 2.18. The van der Waals surface area contributed by atoms with Gasteiger partial charge in [-0.25, -0.2) is 0 Å². The van der Waals surface area contributed by atoms with Crippen molar-refractivity contribution in [2.75, 3.05) is 0 Å². The van der Waals surface area contributed by atoms with E-state index in [1.54, 1.807) is 6.07 Å². The molecule has 0 amide bonds. The average molecular weight is 322 g/mol. The molecule has 0 aromatic heterocycles. The van der Waals surface area contributed by atoms with Crippen molar-refractivity contribution in [3.63, 3.8) is 0 Å². The Balaban J connectivity index is 0. The van der Waals surface area contributed by atoms with E-state index in [9.17, 15) is 8.42 Å². The molecule has 0 atom stereocenters. The quantitative estimate of drug-likeness (QED) is 0.322. The van der Waals surface area contributed by atoms with Gasteiger partial charge in [0, 0.05) is 0 Å². The number of ether oxygens (including phenoxy) is 1. The molecule has 0 spiro atoms. The Morgan fingerprint density at radius 3 is 2.52 bits per heavy atom. The number of unbranched alkanes of at least 4 members (excludes halogenated alkanes) is 5. The molecule has 1 rings (SSSR count). The minimum atomic E-state index is -4.25. The van der Waals surface area contributed by atoms with Crippen LogP contribution in [0.4, 0.5) is 0 Å². The van der Waals surface area contributed by atoms with Crippen molar-refractivity contribution in [1.29, 1.82) is 0 Å². The molecular weight excluding hydrogens is 299 g/mol. The Bertz CT molecular complexity index is 532. The number of allylic oxidation sites excluding steroid dienone is 1. The first-order valence-electron chi connectivity index (χ1n) is 6.94. The van der Waals surface area contributed by atoms with Crippen LogP contribution in [0.3, 0.4) is 0 Å². The molecule has 0 aliphatic rings. The van der Waals surface area contributed by atoms with Crippen molar-refractivity contribution in [2.24, 2.45) is 0 Å². The molecule has 0 saturated heterocycles. The van der Waals surface area contributed by atoms with Crippen molar-refractivity contribution in [1.82, 2.24) is 0 Å². The van der Waals surface area contributed by atoms with Crippen LogP contribution < -0.4 is 34.3 Å². The number of rotatable bonds is 9. The molecule has 4 nitrogen and oxygen atoms in total. The van der Waals surface area contributed by atoms with Gasteiger partial charge in [0.15, 0.2) is 0 Å². The fourth-order valence-corrected chi connectivity index (χ4v) is 2.44. The molecule has 0 fully saturated rings. The molecule has 0 radical (unpaired) electrons. The van der Waals surface area contributed by atoms with E-state index in [2.05, 4.69) is 6.92 Å². The summed E-state index contributed by atoms with van der Waals surface area (Å²) in [7, 11) is -4.25. The van der Waals surface area contributed by atoms with Crippen LogP contribution in [0, 0.1) is 0 Å². The van der Waals surface area contributed by atoms with Crippen LogP contribution in [0.15, 0.2) is 41.5 Å². The summed E-state index contributed by atoms with van der Waals surface area (Å²) in [5.74, 6) is 0.136. The zero-order valence-corrected chi connectivity index (χ0v) is 15.6. The minimum Gasteiger partial charge on any atom is -1.00 e. The molecule has 0 saturated carbocycles. The normalized spacial score (nSPS) is 11.3. The van der Waals surface area contributed by atoms with Gasteiger partial charge in [-0.2, -0.15) is 8.42 Å². The summed E-state index contributed by atoms with van der Waals surface area (Å²) in [5, 5.41) is 0. The maximum absolute atomic E-state index is 11.1. The van der Waals surface area contributed by atoms with Crippen LogP contribution in [-0.4, -0.2) is 13.0 Å². The minimum absolute atomic E-state index is 0. The first kappa shape index (κ1) is 20.7. The van der Waals surface area contributed by atoms with Gasteiger partial charge in [-0.15, -0.1) is 0 Å². The summed E-state index contributed by atoms with van der Waals surface area (Å²) < 4.78 is 36.6. The molecule has 114 valence electrons. The topological polar surface area (TPSA) is 63.6 Å². The third kappa shape index (κ3) is 8.63. The third-order valence-electron chi connectivity index (χ3n) is 2.89. The van der Waals surface area contributed by atoms with Crippen LogP contribution in [-0.2, 0) is 10.1 Å². The monoisotopic (exact) mass is 322 g/mol. The number of hydrogen-bond acceptors (Lipinski definition) is 3. The second-order valence-electron chi connectivity index (χ2n) is 4.61. The second-order valence-corrected chi connectivity index (χ2v) is 6.00. The predicted octanol–water partition coefficient (Wildman–Crippen LogP) is 1.30. The summed E-state index contributed by atoms with van der Waals surface area (Å²) in [5.41, 5.74) is 0. The smallest absolute Gasteiger partial charge is 1.00 e. The molecule has 0 heterocycles. The van der Waals surface area contributed by atoms with Gasteiger partial charge < -0.3 is 6.16 Å². The molecule has 1 aromatic carbocycles. The fraction of sp³-hybridized carbons (Fsp3) is 0.467. The van der Waals surface area contributed by atoms with Crippen molar-refractivity contribution in [3.05, 3.63) is 36.6 Å². The number of hydrogen-bond donors (Lipinski definition) is 1. The van der Waals surface area contributed by atoms with E-state index < -0.39 is 10.1 Å². The van der Waals surface area contributed by atoms with E-state index in [4.69, 9.17) is 9.29 Å². The molecule has 0 bridgehead atoms. The first-order chi connectivity index (χ1) is 9.55. The van der Waals surface area contributed by atoms with Crippen molar-refractivity contribution in [2.45, 2.75) is 50.3 Å². The second kappa shape index (κ2) is 11.3. The third-order valence-corrected chi connectivity index (χ3v) is 3.79. The zero-order valence-electron chi connectivity index (χ0n) is 13.8. The van der Waals surface area contributed by atoms with Crippen LogP contribution in [0.1, 0.15) is 46.9 Å². The Hall–Kier alpha value is -0.330. The predicted molar refractivity (Wildman–Crippen MR) is 80.5 cm³/mol. The van der Waals surface area contributed by atoms with Gasteiger partial charge in [0.1, 0.15) is 10.6 Å².